The fourth-order valence-electron chi connectivity index (χ4n) is 2.01. The van der Waals surface area contributed by atoms with Crippen molar-refractivity contribution in [2.75, 3.05) is 12.4 Å². The Morgan fingerprint density at radius 1 is 1.24 bits per heavy atom. The summed E-state index contributed by atoms with van der Waals surface area (Å²) in [6.45, 7) is 0. The number of nitro benzene ring substituents is 1. The van der Waals surface area contributed by atoms with Gasteiger partial charge in [0.25, 0.3) is 5.69 Å². The number of hydrogen-bond acceptors (Lipinski definition) is 6. The van der Waals surface area contributed by atoms with Crippen LogP contribution in [0.25, 0.3) is 6.08 Å². The van der Waals surface area contributed by atoms with Crippen molar-refractivity contribution < 1.29 is 24.4 Å². The number of esters is 1. The summed E-state index contributed by atoms with van der Waals surface area (Å²) in [5.41, 5.74) is 0.336. The number of nitrogens with one attached hydrogen (secondary N) is 1. The van der Waals surface area contributed by atoms with Crippen LogP contribution in [0, 0.1) is 10.1 Å². The van der Waals surface area contributed by atoms with Gasteiger partial charge in [0.1, 0.15) is 5.56 Å². The molecule has 0 saturated heterocycles. The quantitative estimate of drug-likeness (QED) is 0.283. The summed E-state index contributed by atoms with van der Waals surface area (Å²) >= 11 is 0. The lowest BCUT2D eigenvalue weighted by atomic mass is 10.1. The maximum atomic E-state index is 11.9. The van der Waals surface area contributed by atoms with Gasteiger partial charge < -0.3 is 15.2 Å². The van der Waals surface area contributed by atoms with E-state index in [2.05, 4.69) is 10.1 Å². The van der Waals surface area contributed by atoms with E-state index >= 15 is 0 Å². The highest BCUT2D eigenvalue weighted by Crippen LogP contribution is 2.28. The Morgan fingerprint density at radius 2 is 1.96 bits per heavy atom. The van der Waals surface area contributed by atoms with Crippen molar-refractivity contribution in [2.45, 2.75) is 0 Å². The molecule has 8 nitrogen and oxygen atoms in total. The van der Waals surface area contributed by atoms with Crippen LogP contribution < -0.4 is 5.32 Å². The van der Waals surface area contributed by atoms with E-state index in [-0.39, 0.29) is 16.9 Å². The number of anilines is 1. The molecule has 25 heavy (non-hydrogen) atoms. The molecule has 2 rings (SSSR count). The third-order valence-corrected chi connectivity index (χ3v) is 3.21. The maximum Gasteiger partial charge on any atom is 0.341 e. The van der Waals surface area contributed by atoms with Crippen LogP contribution in [0.4, 0.5) is 11.4 Å². The van der Waals surface area contributed by atoms with Crippen molar-refractivity contribution in [1.82, 2.24) is 0 Å². The van der Waals surface area contributed by atoms with E-state index in [0.717, 1.165) is 6.08 Å². The third-order valence-electron chi connectivity index (χ3n) is 3.21. The van der Waals surface area contributed by atoms with Crippen LogP contribution in [0.2, 0.25) is 0 Å². The number of carbonyl (C=O) groups excluding carboxylic acids is 2. The van der Waals surface area contributed by atoms with Gasteiger partial charge in [0.15, 0.2) is 5.75 Å². The molecule has 0 fully saturated rings. The second-order valence-electron chi connectivity index (χ2n) is 4.87. The SMILES string of the molecule is COC(=O)c1cccc(NC(=O)/C=C/c2cccc([N+](=O)[O-])c2)c1O. The van der Waals surface area contributed by atoms with Crippen molar-refractivity contribution in [3.63, 3.8) is 0 Å². The summed E-state index contributed by atoms with van der Waals surface area (Å²) in [5.74, 6) is -1.73. The topological polar surface area (TPSA) is 119 Å². The zero-order valence-electron chi connectivity index (χ0n) is 13.1. The molecule has 0 spiro atoms. The highest BCUT2D eigenvalue weighted by atomic mass is 16.6. The molecule has 1 amide bonds. The number of ether oxygens (including phenoxy) is 1. The zero-order valence-corrected chi connectivity index (χ0v) is 13.1. The van der Waals surface area contributed by atoms with Gasteiger partial charge >= 0.3 is 5.97 Å². The lowest BCUT2D eigenvalue weighted by Gasteiger charge is -2.08. The van der Waals surface area contributed by atoms with Crippen LogP contribution in [0.3, 0.4) is 0 Å². The number of benzene rings is 2. The minimum absolute atomic E-state index is 0.0385. The van der Waals surface area contributed by atoms with E-state index in [0.29, 0.717) is 5.56 Å². The van der Waals surface area contributed by atoms with Crippen LogP contribution in [-0.4, -0.2) is 29.0 Å². The standard InChI is InChI=1S/C17H14N2O6/c1-25-17(22)13-6-3-7-14(16(13)21)18-15(20)9-8-11-4-2-5-12(10-11)19(23)24/h2-10,21H,1H3,(H,18,20)/b9-8+. The molecule has 0 heterocycles. The third kappa shape index (κ3) is 4.41. The van der Waals surface area contributed by atoms with E-state index in [1.165, 1.54) is 49.6 Å². The molecule has 0 saturated carbocycles. The summed E-state index contributed by atoms with van der Waals surface area (Å²) < 4.78 is 4.53. The summed E-state index contributed by atoms with van der Waals surface area (Å²) in [4.78, 5) is 33.6. The summed E-state index contributed by atoms with van der Waals surface area (Å²) in [5, 5.41) is 23.1. The van der Waals surface area contributed by atoms with E-state index in [4.69, 9.17) is 0 Å². The molecule has 128 valence electrons. The minimum Gasteiger partial charge on any atom is -0.505 e. The maximum absolute atomic E-state index is 11.9. The molecular weight excluding hydrogens is 328 g/mol. The number of methoxy groups -OCH3 is 1. The first-order valence-electron chi connectivity index (χ1n) is 7.06. The molecule has 0 bridgehead atoms. The fourth-order valence-corrected chi connectivity index (χ4v) is 2.01. The Labute approximate surface area is 142 Å². The number of carbonyl (C=O) groups is 2. The first-order valence-corrected chi connectivity index (χ1v) is 7.06. The molecule has 0 unspecified atom stereocenters. The molecule has 0 aliphatic heterocycles. The molecular formula is C17H14N2O6. The fraction of sp³-hybridized carbons (Fsp3) is 0.0588. The summed E-state index contributed by atoms with van der Waals surface area (Å²) in [6.07, 6.45) is 2.55. The molecule has 0 aliphatic rings. The van der Waals surface area contributed by atoms with Crippen molar-refractivity contribution in [3.8, 4) is 5.75 Å². The lowest BCUT2D eigenvalue weighted by Crippen LogP contribution is -2.10. The number of para-hydroxylation sites is 1. The number of hydrogen-bond donors (Lipinski definition) is 2. The van der Waals surface area contributed by atoms with Gasteiger partial charge in [-0.1, -0.05) is 18.2 Å². The second-order valence-corrected chi connectivity index (χ2v) is 4.87. The van der Waals surface area contributed by atoms with Crippen LogP contribution in [0.5, 0.6) is 5.75 Å². The van der Waals surface area contributed by atoms with Gasteiger partial charge in [0.05, 0.1) is 17.7 Å². The summed E-state index contributed by atoms with van der Waals surface area (Å²) in [6, 6.07) is 10.0. The number of phenols is 1. The number of non-ortho nitro benzene ring substituents is 1. The number of phenolic OH excluding ortho intramolecular Hbond substituents is 1. The highest BCUT2D eigenvalue weighted by Gasteiger charge is 2.15. The lowest BCUT2D eigenvalue weighted by molar-refractivity contribution is -0.384. The van der Waals surface area contributed by atoms with Gasteiger partial charge in [-0.3, -0.25) is 14.9 Å². The van der Waals surface area contributed by atoms with E-state index < -0.39 is 22.5 Å². The van der Waals surface area contributed by atoms with Crippen LogP contribution in [0.15, 0.2) is 48.5 Å². The minimum atomic E-state index is -0.735. The van der Waals surface area contributed by atoms with E-state index in [1.807, 2.05) is 0 Å². The monoisotopic (exact) mass is 342 g/mol. The predicted octanol–water partition coefficient (Wildman–Crippen LogP) is 2.74. The first-order chi connectivity index (χ1) is 11.9. The molecule has 2 N–H and O–H groups in total. The normalized spacial score (nSPS) is 10.4. The highest BCUT2D eigenvalue weighted by molar-refractivity contribution is 6.04. The molecule has 2 aromatic carbocycles. The Balaban J connectivity index is 2.14. The number of rotatable bonds is 5. The molecule has 0 aromatic heterocycles. The molecule has 0 atom stereocenters. The Kier molecular flexibility index (Phi) is 5.47. The molecule has 0 radical (unpaired) electrons. The average molecular weight is 342 g/mol. The Bertz CT molecular complexity index is 860. The predicted molar refractivity (Wildman–Crippen MR) is 90.2 cm³/mol. The number of nitrogens with zero attached hydrogens (tertiary/aromatic N) is 1. The van der Waals surface area contributed by atoms with Crippen LogP contribution >= 0.6 is 0 Å². The van der Waals surface area contributed by atoms with Crippen LogP contribution in [-0.2, 0) is 9.53 Å². The molecule has 2 aromatic rings. The van der Waals surface area contributed by atoms with Crippen molar-refractivity contribution in [3.05, 3.63) is 69.8 Å². The smallest absolute Gasteiger partial charge is 0.341 e. The van der Waals surface area contributed by atoms with E-state index in [9.17, 15) is 24.8 Å². The number of amides is 1. The first kappa shape index (κ1) is 17.7. The zero-order chi connectivity index (χ0) is 18.4. The average Bonchev–Trinajstić information content (AvgIpc) is 2.61. The van der Waals surface area contributed by atoms with Gasteiger partial charge in [-0.2, -0.15) is 0 Å². The van der Waals surface area contributed by atoms with Gasteiger partial charge in [0.2, 0.25) is 5.91 Å². The molecule has 0 aliphatic carbocycles. The number of aromatic hydroxyl groups is 1. The van der Waals surface area contributed by atoms with Crippen LogP contribution in [0.1, 0.15) is 15.9 Å². The van der Waals surface area contributed by atoms with E-state index in [1.54, 1.807) is 6.07 Å². The van der Waals surface area contributed by atoms with Gasteiger partial charge in [-0.25, -0.2) is 4.79 Å². The Morgan fingerprint density at radius 3 is 2.64 bits per heavy atom. The van der Waals surface area contributed by atoms with Gasteiger partial charge in [-0.15, -0.1) is 0 Å². The largest absolute Gasteiger partial charge is 0.505 e. The second kappa shape index (κ2) is 7.73. The summed E-state index contributed by atoms with van der Waals surface area (Å²) in [7, 11) is 1.18. The van der Waals surface area contributed by atoms with Gasteiger partial charge in [0, 0.05) is 18.2 Å². The number of nitro groups is 1. The Hall–Kier alpha value is -3.68. The molecule has 8 heteroatoms. The van der Waals surface area contributed by atoms with Gasteiger partial charge in [-0.05, 0) is 23.8 Å². The van der Waals surface area contributed by atoms with Crippen molar-refractivity contribution >= 4 is 29.3 Å². The van der Waals surface area contributed by atoms with Crippen molar-refractivity contribution in [1.29, 1.82) is 0 Å². The van der Waals surface area contributed by atoms with Crippen molar-refractivity contribution in [2.24, 2.45) is 0 Å².